The lowest BCUT2D eigenvalue weighted by Gasteiger charge is -2.17. The molecule has 6 heteroatoms. The highest BCUT2D eigenvalue weighted by atomic mass is 79.9. The van der Waals surface area contributed by atoms with Gasteiger partial charge in [-0.1, -0.05) is 12.8 Å². The second-order valence-electron chi connectivity index (χ2n) is 4.79. The molecule has 1 atom stereocenters. The zero-order chi connectivity index (χ0) is 13.8. The van der Waals surface area contributed by atoms with Crippen molar-refractivity contribution in [3.63, 3.8) is 0 Å². The van der Waals surface area contributed by atoms with Crippen molar-refractivity contribution >= 4 is 39.1 Å². The van der Waals surface area contributed by atoms with E-state index in [0.29, 0.717) is 4.88 Å². The number of hydrogen-bond donors (Lipinski definition) is 2. The second kappa shape index (κ2) is 6.52. The van der Waals surface area contributed by atoms with Gasteiger partial charge in [-0.05, 0) is 47.8 Å². The van der Waals surface area contributed by atoms with Crippen LogP contribution in [0.4, 0.5) is 0 Å². The van der Waals surface area contributed by atoms with Gasteiger partial charge in [-0.2, -0.15) is 0 Å². The van der Waals surface area contributed by atoms with Crippen LogP contribution in [0.5, 0.6) is 0 Å². The van der Waals surface area contributed by atoms with Crippen molar-refractivity contribution < 1.29 is 9.59 Å². The fraction of sp³-hybridized carbons (Fsp3) is 0.538. The average molecular weight is 345 g/mol. The SMILES string of the molecule is CC(NC(=O)c1ccc(Br)s1)C(=O)NC1CCCC1. The van der Waals surface area contributed by atoms with Gasteiger partial charge in [0.1, 0.15) is 6.04 Å². The monoisotopic (exact) mass is 344 g/mol. The Morgan fingerprint density at radius 1 is 1.37 bits per heavy atom. The van der Waals surface area contributed by atoms with Gasteiger partial charge in [-0.3, -0.25) is 9.59 Å². The summed E-state index contributed by atoms with van der Waals surface area (Å²) in [6.07, 6.45) is 4.44. The third-order valence-corrected chi connectivity index (χ3v) is 4.86. The zero-order valence-electron chi connectivity index (χ0n) is 10.7. The summed E-state index contributed by atoms with van der Waals surface area (Å²) < 4.78 is 0.903. The van der Waals surface area contributed by atoms with Crippen LogP contribution >= 0.6 is 27.3 Å². The molecule has 2 amide bonds. The molecule has 0 aliphatic heterocycles. The smallest absolute Gasteiger partial charge is 0.262 e. The minimum Gasteiger partial charge on any atom is -0.352 e. The number of amides is 2. The van der Waals surface area contributed by atoms with Crippen molar-refractivity contribution in [1.82, 2.24) is 10.6 Å². The molecule has 4 nitrogen and oxygen atoms in total. The van der Waals surface area contributed by atoms with Crippen molar-refractivity contribution in [2.24, 2.45) is 0 Å². The number of hydrogen-bond acceptors (Lipinski definition) is 3. The lowest BCUT2D eigenvalue weighted by Crippen LogP contribution is -2.47. The first kappa shape index (κ1) is 14.5. The first-order valence-corrected chi connectivity index (χ1v) is 8.04. The Kier molecular flexibility index (Phi) is 4.99. The topological polar surface area (TPSA) is 58.2 Å². The van der Waals surface area contributed by atoms with Gasteiger partial charge < -0.3 is 10.6 Å². The summed E-state index contributed by atoms with van der Waals surface area (Å²) in [4.78, 5) is 24.5. The summed E-state index contributed by atoms with van der Waals surface area (Å²) in [6, 6.07) is 3.34. The van der Waals surface area contributed by atoms with Gasteiger partial charge in [-0.25, -0.2) is 0 Å². The van der Waals surface area contributed by atoms with Crippen LogP contribution in [0, 0.1) is 0 Å². The van der Waals surface area contributed by atoms with E-state index >= 15 is 0 Å². The van der Waals surface area contributed by atoms with Crippen LogP contribution in [0.15, 0.2) is 15.9 Å². The van der Waals surface area contributed by atoms with E-state index in [1.807, 2.05) is 6.07 Å². The van der Waals surface area contributed by atoms with Crippen LogP contribution in [-0.2, 0) is 4.79 Å². The molecule has 1 fully saturated rings. The molecule has 0 aromatic carbocycles. The molecule has 1 aromatic rings. The van der Waals surface area contributed by atoms with Crippen molar-refractivity contribution in [3.05, 3.63) is 20.8 Å². The van der Waals surface area contributed by atoms with E-state index in [2.05, 4.69) is 26.6 Å². The summed E-state index contributed by atoms with van der Waals surface area (Å²) in [5.41, 5.74) is 0. The molecular weight excluding hydrogens is 328 g/mol. The van der Waals surface area contributed by atoms with E-state index in [0.717, 1.165) is 16.6 Å². The standard InChI is InChI=1S/C13H17BrN2O2S/c1-8(12(17)16-9-4-2-3-5-9)15-13(18)10-6-7-11(14)19-10/h6-9H,2-5H2,1H3,(H,15,18)(H,16,17). The van der Waals surface area contributed by atoms with Gasteiger partial charge in [0.05, 0.1) is 8.66 Å². The maximum absolute atomic E-state index is 11.9. The lowest BCUT2D eigenvalue weighted by molar-refractivity contribution is -0.123. The van der Waals surface area contributed by atoms with Gasteiger partial charge in [0.25, 0.3) is 5.91 Å². The van der Waals surface area contributed by atoms with E-state index in [1.165, 1.54) is 24.2 Å². The van der Waals surface area contributed by atoms with Crippen LogP contribution in [0.3, 0.4) is 0 Å². The zero-order valence-corrected chi connectivity index (χ0v) is 13.1. The molecule has 1 saturated carbocycles. The Bertz CT molecular complexity index is 469. The maximum atomic E-state index is 11.9. The molecule has 0 radical (unpaired) electrons. The molecule has 1 aromatic heterocycles. The quantitative estimate of drug-likeness (QED) is 0.882. The minimum absolute atomic E-state index is 0.101. The summed E-state index contributed by atoms with van der Waals surface area (Å²) >= 11 is 4.67. The Morgan fingerprint density at radius 2 is 2.05 bits per heavy atom. The molecule has 0 saturated heterocycles. The van der Waals surface area contributed by atoms with Gasteiger partial charge >= 0.3 is 0 Å². The highest BCUT2D eigenvalue weighted by Crippen LogP contribution is 2.22. The number of thiophene rings is 1. The first-order valence-electron chi connectivity index (χ1n) is 6.43. The van der Waals surface area contributed by atoms with E-state index < -0.39 is 6.04 Å². The number of rotatable bonds is 4. The Morgan fingerprint density at radius 3 is 2.63 bits per heavy atom. The third kappa shape index (κ3) is 4.04. The van der Waals surface area contributed by atoms with Crippen LogP contribution in [0.2, 0.25) is 0 Å². The summed E-state index contributed by atoms with van der Waals surface area (Å²) in [7, 11) is 0. The predicted octanol–water partition coefficient (Wildman–Crippen LogP) is 2.69. The fourth-order valence-corrected chi connectivity index (χ4v) is 3.46. The van der Waals surface area contributed by atoms with Gasteiger partial charge in [-0.15, -0.1) is 11.3 Å². The molecule has 1 unspecified atom stereocenters. The van der Waals surface area contributed by atoms with Gasteiger partial charge in [0.2, 0.25) is 5.91 Å². The van der Waals surface area contributed by atoms with E-state index in [4.69, 9.17) is 0 Å². The molecule has 2 rings (SSSR count). The highest BCUT2D eigenvalue weighted by Gasteiger charge is 2.22. The lowest BCUT2D eigenvalue weighted by atomic mass is 10.2. The number of nitrogens with one attached hydrogen (secondary N) is 2. The summed E-state index contributed by atoms with van der Waals surface area (Å²) in [5, 5.41) is 5.70. The third-order valence-electron chi connectivity index (χ3n) is 3.24. The number of halogens is 1. The molecule has 104 valence electrons. The fourth-order valence-electron chi connectivity index (χ4n) is 2.17. The van der Waals surface area contributed by atoms with Crippen LogP contribution in [0.25, 0.3) is 0 Å². The minimum atomic E-state index is -0.506. The normalized spacial score (nSPS) is 17.2. The molecule has 1 heterocycles. The first-order chi connectivity index (χ1) is 9.06. The molecular formula is C13H17BrN2O2S. The number of carbonyl (C=O) groups is 2. The molecule has 2 N–H and O–H groups in total. The van der Waals surface area contributed by atoms with Crippen LogP contribution in [-0.4, -0.2) is 23.9 Å². The van der Waals surface area contributed by atoms with Crippen molar-refractivity contribution in [1.29, 1.82) is 0 Å². The highest BCUT2D eigenvalue weighted by molar-refractivity contribution is 9.11. The van der Waals surface area contributed by atoms with E-state index in [-0.39, 0.29) is 17.9 Å². The van der Waals surface area contributed by atoms with Crippen LogP contribution < -0.4 is 10.6 Å². The van der Waals surface area contributed by atoms with E-state index in [1.54, 1.807) is 13.0 Å². The Balaban J connectivity index is 1.84. The molecule has 1 aliphatic carbocycles. The molecule has 0 spiro atoms. The predicted molar refractivity (Wildman–Crippen MR) is 79.3 cm³/mol. The molecule has 0 bridgehead atoms. The molecule has 1 aliphatic rings. The van der Waals surface area contributed by atoms with Crippen molar-refractivity contribution in [2.75, 3.05) is 0 Å². The van der Waals surface area contributed by atoms with Gasteiger partial charge in [0, 0.05) is 6.04 Å². The maximum Gasteiger partial charge on any atom is 0.262 e. The average Bonchev–Trinajstić information content (AvgIpc) is 3.00. The Labute approximate surface area is 125 Å². The van der Waals surface area contributed by atoms with Crippen LogP contribution in [0.1, 0.15) is 42.3 Å². The number of carbonyl (C=O) groups excluding carboxylic acids is 2. The van der Waals surface area contributed by atoms with Crippen molar-refractivity contribution in [3.8, 4) is 0 Å². The largest absolute Gasteiger partial charge is 0.352 e. The van der Waals surface area contributed by atoms with E-state index in [9.17, 15) is 9.59 Å². The second-order valence-corrected chi connectivity index (χ2v) is 7.25. The van der Waals surface area contributed by atoms with Gasteiger partial charge in [0.15, 0.2) is 0 Å². The summed E-state index contributed by atoms with van der Waals surface area (Å²) in [5.74, 6) is -0.305. The Hall–Kier alpha value is -0.880. The van der Waals surface area contributed by atoms with Crippen molar-refractivity contribution in [2.45, 2.75) is 44.7 Å². The summed E-state index contributed by atoms with van der Waals surface area (Å²) in [6.45, 7) is 1.71. The molecule has 19 heavy (non-hydrogen) atoms.